The van der Waals surface area contributed by atoms with Gasteiger partial charge in [0.05, 0.1) is 5.25 Å². The van der Waals surface area contributed by atoms with Crippen LogP contribution >= 0.6 is 11.8 Å². The summed E-state index contributed by atoms with van der Waals surface area (Å²) >= 11 is 1.39. The van der Waals surface area contributed by atoms with Crippen molar-refractivity contribution in [1.82, 2.24) is 10.6 Å². The van der Waals surface area contributed by atoms with Crippen LogP contribution < -0.4 is 10.6 Å². The normalized spacial score (nSPS) is 13.6. The van der Waals surface area contributed by atoms with Crippen molar-refractivity contribution in [2.24, 2.45) is 0 Å². The molecule has 3 N–H and O–H groups in total. The fraction of sp³-hybridized carbons (Fsp3) is 0.769. The van der Waals surface area contributed by atoms with E-state index < -0.39 is 12.0 Å². The summed E-state index contributed by atoms with van der Waals surface area (Å²) in [7, 11) is 0. The van der Waals surface area contributed by atoms with E-state index >= 15 is 0 Å². The molecule has 0 aliphatic heterocycles. The second-order valence-corrected chi connectivity index (χ2v) is 5.95. The van der Waals surface area contributed by atoms with E-state index in [0.29, 0.717) is 18.6 Å². The van der Waals surface area contributed by atoms with Gasteiger partial charge in [0, 0.05) is 6.04 Å². The molecule has 7 heteroatoms. The van der Waals surface area contributed by atoms with Crippen LogP contribution in [0.15, 0.2) is 0 Å². The summed E-state index contributed by atoms with van der Waals surface area (Å²) < 4.78 is 0. The molecule has 0 bridgehead atoms. The largest absolute Gasteiger partial charge is 0.480 e. The number of carbonyl (C=O) groups is 3. The Bertz CT molecular complexity index is 321. The molecule has 116 valence electrons. The lowest BCUT2D eigenvalue weighted by atomic mass is 10.2. The average molecular weight is 304 g/mol. The Morgan fingerprint density at radius 3 is 2.35 bits per heavy atom. The molecule has 0 aliphatic carbocycles. The third-order valence-electron chi connectivity index (χ3n) is 3.04. The van der Waals surface area contributed by atoms with Crippen molar-refractivity contribution in [3.63, 3.8) is 0 Å². The van der Waals surface area contributed by atoms with Crippen LogP contribution in [0.25, 0.3) is 0 Å². The lowest BCUT2D eigenvalue weighted by Gasteiger charge is -2.18. The molecular weight excluding hydrogens is 280 g/mol. The van der Waals surface area contributed by atoms with Crippen molar-refractivity contribution in [1.29, 1.82) is 0 Å². The Kier molecular flexibility index (Phi) is 9.88. The predicted molar refractivity (Wildman–Crippen MR) is 79.7 cm³/mol. The van der Waals surface area contributed by atoms with Crippen LogP contribution in [0.5, 0.6) is 0 Å². The van der Waals surface area contributed by atoms with Gasteiger partial charge in [0.25, 0.3) is 0 Å². The molecule has 0 radical (unpaired) electrons. The molecule has 20 heavy (non-hydrogen) atoms. The SMILES string of the molecule is CCC(CC)NC(=O)C(C)SCCC(NC=O)C(=O)O. The quantitative estimate of drug-likeness (QED) is 0.495. The molecule has 0 fully saturated rings. The van der Waals surface area contributed by atoms with Crippen LogP contribution in [-0.2, 0) is 14.4 Å². The molecule has 2 unspecified atom stereocenters. The first kappa shape index (κ1) is 18.8. The van der Waals surface area contributed by atoms with E-state index in [1.54, 1.807) is 6.92 Å². The Hall–Kier alpha value is -1.24. The number of hydrogen-bond acceptors (Lipinski definition) is 4. The molecule has 6 nitrogen and oxygen atoms in total. The van der Waals surface area contributed by atoms with E-state index in [4.69, 9.17) is 5.11 Å². The van der Waals surface area contributed by atoms with Gasteiger partial charge in [0.2, 0.25) is 12.3 Å². The smallest absolute Gasteiger partial charge is 0.326 e. The lowest BCUT2D eigenvalue weighted by molar-refractivity contribution is -0.140. The van der Waals surface area contributed by atoms with Crippen LogP contribution in [0.4, 0.5) is 0 Å². The van der Waals surface area contributed by atoms with Crippen LogP contribution in [-0.4, -0.2) is 46.5 Å². The van der Waals surface area contributed by atoms with Gasteiger partial charge < -0.3 is 15.7 Å². The van der Waals surface area contributed by atoms with E-state index in [9.17, 15) is 14.4 Å². The summed E-state index contributed by atoms with van der Waals surface area (Å²) in [6, 6.07) is -0.705. The van der Waals surface area contributed by atoms with Gasteiger partial charge in [-0.3, -0.25) is 9.59 Å². The Labute approximate surface area is 124 Å². The summed E-state index contributed by atoms with van der Waals surface area (Å²) in [4.78, 5) is 33.0. The molecule has 2 atom stereocenters. The fourth-order valence-electron chi connectivity index (χ4n) is 1.61. The minimum Gasteiger partial charge on any atom is -0.480 e. The third kappa shape index (κ3) is 7.37. The molecule has 0 aromatic carbocycles. The van der Waals surface area contributed by atoms with Crippen molar-refractivity contribution in [3.8, 4) is 0 Å². The summed E-state index contributed by atoms with van der Waals surface area (Å²) in [5, 5.41) is 13.8. The van der Waals surface area contributed by atoms with E-state index in [1.165, 1.54) is 11.8 Å². The molecular formula is C13H24N2O4S. The van der Waals surface area contributed by atoms with E-state index in [0.717, 1.165) is 12.8 Å². The van der Waals surface area contributed by atoms with Gasteiger partial charge in [-0.15, -0.1) is 11.8 Å². The molecule has 0 saturated heterocycles. The second-order valence-electron chi connectivity index (χ2n) is 4.50. The van der Waals surface area contributed by atoms with Gasteiger partial charge in [-0.25, -0.2) is 4.79 Å². The van der Waals surface area contributed by atoms with Crippen LogP contribution in [0.2, 0.25) is 0 Å². The van der Waals surface area contributed by atoms with E-state index in [2.05, 4.69) is 10.6 Å². The number of carboxylic acid groups (broad SMARTS) is 1. The average Bonchev–Trinajstić information content (AvgIpc) is 2.42. The van der Waals surface area contributed by atoms with E-state index in [1.807, 2.05) is 13.8 Å². The van der Waals surface area contributed by atoms with Crippen molar-refractivity contribution in [3.05, 3.63) is 0 Å². The molecule has 2 amide bonds. The highest BCUT2D eigenvalue weighted by molar-refractivity contribution is 8.00. The maximum Gasteiger partial charge on any atom is 0.326 e. The minimum atomic E-state index is -1.06. The zero-order valence-electron chi connectivity index (χ0n) is 12.2. The Balaban J connectivity index is 4.08. The van der Waals surface area contributed by atoms with Crippen LogP contribution in [0.3, 0.4) is 0 Å². The summed E-state index contributed by atoms with van der Waals surface area (Å²) in [6.07, 6.45) is 2.46. The van der Waals surface area contributed by atoms with Crippen molar-refractivity contribution in [2.75, 3.05) is 5.75 Å². The monoisotopic (exact) mass is 304 g/mol. The third-order valence-corrected chi connectivity index (χ3v) is 4.23. The summed E-state index contributed by atoms with van der Waals surface area (Å²) in [6.45, 7) is 5.84. The molecule has 0 rings (SSSR count). The molecule has 0 heterocycles. The Morgan fingerprint density at radius 1 is 1.30 bits per heavy atom. The zero-order chi connectivity index (χ0) is 15.5. The van der Waals surface area contributed by atoms with Gasteiger partial charge in [-0.1, -0.05) is 13.8 Å². The standard InChI is InChI=1S/C13H24N2O4S/c1-4-10(5-2)15-12(17)9(3)20-7-6-11(13(18)19)14-8-16/h8-11H,4-7H2,1-3H3,(H,14,16)(H,15,17)(H,18,19). The maximum atomic E-state index is 11.9. The Morgan fingerprint density at radius 2 is 1.90 bits per heavy atom. The van der Waals surface area contributed by atoms with Gasteiger partial charge in [0.15, 0.2) is 0 Å². The number of thioether (sulfide) groups is 1. The first-order chi connectivity index (χ1) is 9.46. The molecule has 0 spiro atoms. The number of aliphatic carboxylic acids is 1. The first-order valence-corrected chi connectivity index (χ1v) is 7.85. The minimum absolute atomic E-state index is 0.0288. The number of carbonyl (C=O) groups excluding carboxylic acids is 2. The first-order valence-electron chi connectivity index (χ1n) is 6.80. The van der Waals surface area contributed by atoms with Gasteiger partial charge in [-0.05, 0) is 31.9 Å². The molecule has 0 aromatic rings. The zero-order valence-corrected chi connectivity index (χ0v) is 13.0. The summed E-state index contributed by atoms with van der Waals surface area (Å²) in [5.74, 6) is -0.597. The number of nitrogens with one attached hydrogen (secondary N) is 2. The molecule has 0 aromatic heterocycles. The van der Waals surface area contributed by atoms with Crippen molar-refractivity contribution < 1.29 is 19.5 Å². The highest BCUT2D eigenvalue weighted by Gasteiger charge is 2.19. The lowest BCUT2D eigenvalue weighted by Crippen LogP contribution is -2.39. The molecule has 0 saturated carbocycles. The highest BCUT2D eigenvalue weighted by Crippen LogP contribution is 2.14. The highest BCUT2D eigenvalue weighted by atomic mass is 32.2. The number of hydrogen-bond donors (Lipinski definition) is 3. The summed E-state index contributed by atoms with van der Waals surface area (Å²) in [5.41, 5.74) is 0. The van der Waals surface area contributed by atoms with Gasteiger partial charge in [-0.2, -0.15) is 0 Å². The van der Waals surface area contributed by atoms with Crippen molar-refractivity contribution in [2.45, 2.75) is 57.4 Å². The number of carboxylic acids is 1. The maximum absolute atomic E-state index is 11.9. The van der Waals surface area contributed by atoms with E-state index in [-0.39, 0.29) is 17.2 Å². The predicted octanol–water partition coefficient (Wildman–Crippen LogP) is 1.00. The topological polar surface area (TPSA) is 95.5 Å². The second kappa shape index (κ2) is 10.5. The van der Waals surface area contributed by atoms with Crippen LogP contribution in [0, 0.1) is 0 Å². The number of rotatable bonds is 11. The number of amides is 2. The molecule has 0 aliphatic rings. The van der Waals surface area contributed by atoms with Gasteiger partial charge in [0.1, 0.15) is 6.04 Å². The van der Waals surface area contributed by atoms with Crippen molar-refractivity contribution >= 4 is 30.0 Å². The van der Waals surface area contributed by atoms with Gasteiger partial charge >= 0.3 is 5.97 Å². The van der Waals surface area contributed by atoms with Crippen LogP contribution in [0.1, 0.15) is 40.0 Å². The fourth-order valence-corrected chi connectivity index (χ4v) is 2.55.